The van der Waals surface area contributed by atoms with Gasteiger partial charge in [-0.15, -0.1) is 11.8 Å². The number of nitro groups is 1. The average Bonchev–Trinajstić information content (AvgIpc) is 3.15. The van der Waals surface area contributed by atoms with Crippen LogP contribution in [0.2, 0.25) is 5.02 Å². The van der Waals surface area contributed by atoms with E-state index < -0.39 is 4.92 Å². The number of anilines is 1. The summed E-state index contributed by atoms with van der Waals surface area (Å²) in [5.74, 6) is 0.466. The Bertz CT molecular complexity index is 825. The quantitative estimate of drug-likeness (QED) is 0.435. The lowest BCUT2D eigenvalue weighted by Crippen LogP contribution is -2.14. The molecule has 136 valence electrons. The molecule has 1 atom stereocenters. The molecule has 1 fully saturated rings. The maximum atomic E-state index is 12.6. The zero-order valence-electron chi connectivity index (χ0n) is 13.8. The monoisotopic (exact) mass is 392 g/mol. The molecule has 0 spiro atoms. The second kappa shape index (κ2) is 8.53. The van der Waals surface area contributed by atoms with E-state index in [-0.39, 0.29) is 22.7 Å². The molecule has 2 aromatic carbocycles. The zero-order chi connectivity index (χ0) is 18.5. The van der Waals surface area contributed by atoms with Gasteiger partial charge in [0.25, 0.3) is 11.6 Å². The molecule has 0 aromatic heterocycles. The number of nitrogens with zero attached hydrogens (tertiary/aromatic N) is 1. The number of carbonyl (C=O) groups is 1. The van der Waals surface area contributed by atoms with Crippen LogP contribution in [-0.2, 0) is 4.74 Å². The fraction of sp³-hybridized carbons (Fsp3) is 0.278. The van der Waals surface area contributed by atoms with Crippen LogP contribution in [0, 0.1) is 10.1 Å². The van der Waals surface area contributed by atoms with Gasteiger partial charge in [0.2, 0.25) is 0 Å². The maximum Gasteiger partial charge on any atom is 0.289 e. The second-order valence-electron chi connectivity index (χ2n) is 5.82. The van der Waals surface area contributed by atoms with Gasteiger partial charge in [-0.2, -0.15) is 0 Å². The van der Waals surface area contributed by atoms with Crippen molar-refractivity contribution in [3.05, 3.63) is 63.2 Å². The van der Waals surface area contributed by atoms with Gasteiger partial charge in [-0.1, -0.05) is 23.7 Å². The van der Waals surface area contributed by atoms with Crippen LogP contribution in [0.4, 0.5) is 11.4 Å². The molecule has 0 aliphatic carbocycles. The van der Waals surface area contributed by atoms with Crippen molar-refractivity contribution < 1.29 is 14.5 Å². The lowest BCUT2D eigenvalue weighted by Gasteiger charge is -2.12. The Morgan fingerprint density at radius 3 is 2.88 bits per heavy atom. The van der Waals surface area contributed by atoms with E-state index in [4.69, 9.17) is 16.3 Å². The number of hydrogen-bond donors (Lipinski definition) is 1. The van der Waals surface area contributed by atoms with E-state index in [0.29, 0.717) is 11.3 Å². The topological polar surface area (TPSA) is 81.5 Å². The van der Waals surface area contributed by atoms with Gasteiger partial charge >= 0.3 is 0 Å². The third-order valence-corrected chi connectivity index (χ3v) is 5.51. The molecule has 0 saturated carbocycles. The molecule has 8 heteroatoms. The van der Waals surface area contributed by atoms with Gasteiger partial charge < -0.3 is 10.1 Å². The summed E-state index contributed by atoms with van der Waals surface area (Å²) in [5.41, 5.74) is 0.601. The number of carbonyl (C=O) groups excluding carboxylic acids is 1. The van der Waals surface area contributed by atoms with Crippen molar-refractivity contribution in [2.45, 2.75) is 23.8 Å². The van der Waals surface area contributed by atoms with Crippen molar-refractivity contribution in [1.29, 1.82) is 0 Å². The molecule has 1 saturated heterocycles. The molecular formula is C18H17ClN2O4S. The maximum absolute atomic E-state index is 12.6. The lowest BCUT2D eigenvalue weighted by atomic mass is 10.2. The van der Waals surface area contributed by atoms with Crippen LogP contribution in [0.15, 0.2) is 47.4 Å². The average molecular weight is 393 g/mol. The van der Waals surface area contributed by atoms with Crippen LogP contribution in [0.1, 0.15) is 23.2 Å². The Balaban J connectivity index is 1.73. The molecule has 1 aliphatic rings. The highest BCUT2D eigenvalue weighted by Crippen LogP contribution is 2.29. The molecule has 1 amide bonds. The minimum absolute atomic E-state index is 0.0283. The van der Waals surface area contributed by atoms with Gasteiger partial charge in [0.1, 0.15) is 5.02 Å². The predicted molar refractivity (Wildman–Crippen MR) is 102 cm³/mol. The highest BCUT2D eigenvalue weighted by Gasteiger charge is 2.19. The fourth-order valence-corrected chi connectivity index (χ4v) is 3.97. The van der Waals surface area contributed by atoms with E-state index in [0.717, 1.165) is 30.1 Å². The lowest BCUT2D eigenvalue weighted by molar-refractivity contribution is -0.384. The van der Waals surface area contributed by atoms with Crippen LogP contribution in [0.25, 0.3) is 0 Å². The minimum atomic E-state index is -0.580. The summed E-state index contributed by atoms with van der Waals surface area (Å²) in [6.07, 6.45) is 2.33. The van der Waals surface area contributed by atoms with Gasteiger partial charge in [-0.05, 0) is 37.1 Å². The molecule has 26 heavy (non-hydrogen) atoms. The number of hydrogen-bond acceptors (Lipinski definition) is 5. The first-order chi connectivity index (χ1) is 12.5. The number of nitro benzene ring substituents is 1. The molecular weight excluding hydrogens is 376 g/mol. The summed E-state index contributed by atoms with van der Waals surface area (Å²) in [5, 5.41) is 13.7. The highest BCUT2D eigenvalue weighted by atomic mass is 35.5. The van der Waals surface area contributed by atoms with Crippen LogP contribution in [0.5, 0.6) is 0 Å². The van der Waals surface area contributed by atoms with E-state index in [2.05, 4.69) is 5.32 Å². The number of nitrogens with one attached hydrogen (secondary N) is 1. The Kier molecular flexibility index (Phi) is 6.13. The van der Waals surface area contributed by atoms with Crippen LogP contribution < -0.4 is 5.32 Å². The normalized spacial score (nSPS) is 16.4. The first-order valence-electron chi connectivity index (χ1n) is 8.13. The number of amides is 1. The predicted octanol–water partition coefficient (Wildman–Crippen LogP) is 4.77. The third kappa shape index (κ3) is 4.55. The van der Waals surface area contributed by atoms with Crippen molar-refractivity contribution >= 4 is 40.6 Å². The fourth-order valence-electron chi connectivity index (χ4n) is 2.67. The summed E-state index contributed by atoms with van der Waals surface area (Å²) in [6, 6.07) is 11.5. The van der Waals surface area contributed by atoms with Gasteiger partial charge in [-0.3, -0.25) is 14.9 Å². The molecule has 1 unspecified atom stereocenters. The summed E-state index contributed by atoms with van der Waals surface area (Å²) in [6.45, 7) is 0.794. The smallest absolute Gasteiger partial charge is 0.289 e. The van der Waals surface area contributed by atoms with E-state index in [1.165, 1.54) is 18.2 Å². The van der Waals surface area contributed by atoms with Gasteiger partial charge in [0.15, 0.2) is 0 Å². The number of ether oxygens (including phenoxy) is 1. The summed E-state index contributed by atoms with van der Waals surface area (Å²) in [4.78, 5) is 23.9. The van der Waals surface area contributed by atoms with Gasteiger partial charge in [-0.25, -0.2) is 0 Å². The first-order valence-corrected chi connectivity index (χ1v) is 9.49. The number of halogens is 1. The van der Waals surface area contributed by atoms with Gasteiger partial charge in [0.05, 0.1) is 16.6 Å². The van der Waals surface area contributed by atoms with Crippen molar-refractivity contribution in [2.75, 3.05) is 17.7 Å². The van der Waals surface area contributed by atoms with Crippen molar-refractivity contribution in [2.24, 2.45) is 0 Å². The van der Waals surface area contributed by atoms with E-state index in [1.54, 1.807) is 23.9 Å². The summed E-state index contributed by atoms with van der Waals surface area (Å²) < 4.78 is 5.62. The molecule has 0 bridgehead atoms. The van der Waals surface area contributed by atoms with E-state index in [1.807, 2.05) is 12.1 Å². The highest BCUT2D eigenvalue weighted by molar-refractivity contribution is 7.99. The summed E-state index contributed by atoms with van der Waals surface area (Å²) in [7, 11) is 0. The zero-order valence-corrected chi connectivity index (χ0v) is 15.4. The van der Waals surface area contributed by atoms with Crippen LogP contribution >= 0.6 is 23.4 Å². The minimum Gasteiger partial charge on any atom is -0.377 e. The first kappa shape index (κ1) is 18.7. The number of thioether (sulfide) groups is 1. The van der Waals surface area contributed by atoms with E-state index in [9.17, 15) is 14.9 Å². The molecule has 2 aromatic rings. The molecule has 0 radical (unpaired) electrons. The SMILES string of the molecule is O=C(Nc1ccc(Cl)c([N+](=O)[O-])c1)c1ccccc1SCC1CCCO1. The van der Waals surface area contributed by atoms with Crippen LogP contribution in [0.3, 0.4) is 0 Å². The molecule has 1 N–H and O–H groups in total. The number of benzene rings is 2. The third-order valence-electron chi connectivity index (χ3n) is 3.98. The molecule has 6 nitrogen and oxygen atoms in total. The standard InChI is InChI=1S/C18H17ClN2O4S/c19-15-8-7-12(10-16(15)21(23)24)20-18(22)14-5-1-2-6-17(14)26-11-13-4-3-9-25-13/h1-2,5-8,10,13H,3-4,9,11H2,(H,20,22). The summed E-state index contributed by atoms with van der Waals surface area (Å²) >= 11 is 7.38. The Hall–Kier alpha value is -2.09. The van der Waals surface area contributed by atoms with Crippen molar-refractivity contribution in [3.8, 4) is 0 Å². The number of rotatable bonds is 6. The second-order valence-corrected chi connectivity index (χ2v) is 7.29. The van der Waals surface area contributed by atoms with E-state index >= 15 is 0 Å². The Morgan fingerprint density at radius 1 is 1.35 bits per heavy atom. The van der Waals surface area contributed by atoms with Crippen molar-refractivity contribution in [1.82, 2.24) is 0 Å². The molecule has 1 heterocycles. The van der Waals surface area contributed by atoms with Crippen LogP contribution in [-0.4, -0.2) is 29.3 Å². The Morgan fingerprint density at radius 2 is 2.15 bits per heavy atom. The Labute approximate surface area is 160 Å². The largest absolute Gasteiger partial charge is 0.377 e. The van der Waals surface area contributed by atoms with Gasteiger partial charge in [0, 0.05) is 29.0 Å². The molecule has 1 aliphatic heterocycles. The molecule has 3 rings (SSSR count). The van der Waals surface area contributed by atoms with Crippen molar-refractivity contribution in [3.63, 3.8) is 0 Å².